The van der Waals surface area contributed by atoms with Crippen molar-refractivity contribution in [3.63, 3.8) is 0 Å². The monoisotopic (exact) mass is 276 g/mol. The fourth-order valence-corrected chi connectivity index (χ4v) is 1.98. The minimum absolute atomic E-state index is 0.110. The molecule has 2 N–H and O–H groups in total. The van der Waals surface area contributed by atoms with Gasteiger partial charge in [-0.1, -0.05) is 30.4 Å². The van der Waals surface area contributed by atoms with Gasteiger partial charge in [0, 0.05) is 12.8 Å². The first-order chi connectivity index (χ1) is 9.58. The SMILES string of the molecule is O=C(OC1CC=CC(O)C(O)C(=O)C1)c1ccccc1. The van der Waals surface area contributed by atoms with Crippen molar-refractivity contribution in [3.05, 3.63) is 48.0 Å². The number of hydrogen-bond donors (Lipinski definition) is 2. The third-order valence-corrected chi connectivity index (χ3v) is 3.10. The Bertz CT molecular complexity index is 508. The third-order valence-electron chi connectivity index (χ3n) is 3.10. The Morgan fingerprint density at radius 3 is 2.60 bits per heavy atom. The van der Waals surface area contributed by atoms with Crippen LogP contribution in [0.5, 0.6) is 0 Å². The molecule has 20 heavy (non-hydrogen) atoms. The van der Waals surface area contributed by atoms with Gasteiger partial charge >= 0.3 is 5.97 Å². The molecule has 0 fully saturated rings. The van der Waals surface area contributed by atoms with Gasteiger partial charge in [0.2, 0.25) is 0 Å². The van der Waals surface area contributed by atoms with Gasteiger partial charge in [0.15, 0.2) is 5.78 Å². The minimum atomic E-state index is -1.47. The van der Waals surface area contributed by atoms with Gasteiger partial charge in [-0.2, -0.15) is 0 Å². The van der Waals surface area contributed by atoms with Crippen LogP contribution < -0.4 is 0 Å². The topological polar surface area (TPSA) is 83.8 Å². The highest BCUT2D eigenvalue weighted by atomic mass is 16.5. The molecular weight excluding hydrogens is 260 g/mol. The number of ether oxygens (including phenoxy) is 1. The van der Waals surface area contributed by atoms with E-state index in [1.807, 2.05) is 0 Å². The van der Waals surface area contributed by atoms with Crippen molar-refractivity contribution in [3.8, 4) is 0 Å². The maximum absolute atomic E-state index is 11.9. The summed E-state index contributed by atoms with van der Waals surface area (Å²) in [6.07, 6.45) is -0.143. The van der Waals surface area contributed by atoms with E-state index in [1.54, 1.807) is 36.4 Å². The maximum Gasteiger partial charge on any atom is 0.338 e. The van der Waals surface area contributed by atoms with Crippen molar-refractivity contribution in [1.29, 1.82) is 0 Å². The second-order valence-electron chi connectivity index (χ2n) is 4.66. The number of ketones is 1. The van der Waals surface area contributed by atoms with Crippen LogP contribution >= 0.6 is 0 Å². The maximum atomic E-state index is 11.9. The molecule has 1 aliphatic rings. The molecule has 1 aliphatic carbocycles. The number of carbonyl (C=O) groups excluding carboxylic acids is 2. The molecule has 0 saturated heterocycles. The number of aliphatic hydroxyl groups is 2. The summed E-state index contributed by atoms with van der Waals surface area (Å²) in [7, 11) is 0. The molecule has 0 aromatic heterocycles. The molecule has 106 valence electrons. The fourth-order valence-electron chi connectivity index (χ4n) is 1.98. The van der Waals surface area contributed by atoms with Crippen molar-refractivity contribution in [1.82, 2.24) is 0 Å². The number of Topliss-reactive ketones (excluding diaryl/α,β-unsaturated/α-hetero) is 1. The van der Waals surface area contributed by atoms with Crippen LogP contribution in [0, 0.1) is 0 Å². The number of hydrogen-bond acceptors (Lipinski definition) is 5. The molecule has 0 amide bonds. The average molecular weight is 276 g/mol. The number of benzene rings is 1. The van der Waals surface area contributed by atoms with E-state index >= 15 is 0 Å². The van der Waals surface area contributed by atoms with Crippen molar-refractivity contribution in [2.75, 3.05) is 0 Å². The molecule has 2 rings (SSSR count). The Balaban J connectivity index is 2.04. The molecule has 0 bridgehead atoms. The number of carbonyl (C=O) groups is 2. The van der Waals surface area contributed by atoms with Crippen LogP contribution in [0.3, 0.4) is 0 Å². The van der Waals surface area contributed by atoms with E-state index in [0.717, 1.165) is 0 Å². The standard InChI is InChI=1S/C15H16O5/c16-12-8-4-7-11(9-13(17)14(12)18)20-15(19)10-5-2-1-3-6-10/h1-6,8,11-12,14,16,18H,7,9H2. The molecule has 3 atom stereocenters. The number of aliphatic hydroxyl groups excluding tert-OH is 2. The van der Waals surface area contributed by atoms with Crippen molar-refractivity contribution >= 4 is 11.8 Å². The predicted octanol–water partition coefficient (Wildman–Crippen LogP) is 0.853. The lowest BCUT2D eigenvalue weighted by Gasteiger charge is -2.21. The summed E-state index contributed by atoms with van der Waals surface area (Å²) in [5.41, 5.74) is 0.409. The summed E-state index contributed by atoms with van der Waals surface area (Å²) in [5.74, 6) is -1.04. The van der Waals surface area contributed by atoms with Gasteiger partial charge in [0.05, 0.1) is 5.56 Å². The summed E-state index contributed by atoms with van der Waals surface area (Å²) in [4.78, 5) is 23.6. The highest BCUT2D eigenvalue weighted by Gasteiger charge is 2.28. The van der Waals surface area contributed by atoms with E-state index in [0.29, 0.717) is 12.0 Å². The molecule has 1 aromatic carbocycles. The first kappa shape index (κ1) is 14.4. The molecule has 0 aliphatic heterocycles. The summed E-state index contributed by atoms with van der Waals surface area (Å²) in [6, 6.07) is 8.49. The second kappa shape index (κ2) is 6.45. The number of esters is 1. The molecule has 0 radical (unpaired) electrons. The molecule has 0 heterocycles. The minimum Gasteiger partial charge on any atom is -0.458 e. The third kappa shape index (κ3) is 3.53. The average Bonchev–Trinajstić information content (AvgIpc) is 2.46. The molecular formula is C15H16O5. The lowest BCUT2D eigenvalue weighted by atomic mass is 9.98. The van der Waals surface area contributed by atoms with Crippen LogP contribution in [-0.4, -0.2) is 40.3 Å². The van der Waals surface area contributed by atoms with Crippen LogP contribution in [0.25, 0.3) is 0 Å². The largest absolute Gasteiger partial charge is 0.458 e. The Hall–Kier alpha value is -1.98. The first-order valence-corrected chi connectivity index (χ1v) is 6.39. The quantitative estimate of drug-likeness (QED) is 0.618. The summed E-state index contributed by atoms with van der Waals surface area (Å²) < 4.78 is 5.26. The van der Waals surface area contributed by atoms with Gasteiger partial charge in [0.1, 0.15) is 18.3 Å². The summed E-state index contributed by atoms with van der Waals surface area (Å²) in [5, 5.41) is 19.0. The molecule has 0 spiro atoms. The summed E-state index contributed by atoms with van der Waals surface area (Å²) >= 11 is 0. The Morgan fingerprint density at radius 1 is 1.20 bits per heavy atom. The lowest BCUT2D eigenvalue weighted by molar-refractivity contribution is -0.133. The van der Waals surface area contributed by atoms with Crippen LogP contribution in [0.15, 0.2) is 42.5 Å². The highest BCUT2D eigenvalue weighted by molar-refractivity contribution is 5.90. The van der Waals surface area contributed by atoms with E-state index in [9.17, 15) is 19.8 Å². The smallest absolute Gasteiger partial charge is 0.338 e. The van der Waals surface area contributed by atoms with Crippen molar-refractivity contribution in [2.45, 2.75) is 31.2 Å². The van der Waals surface area contributed by atoms with Gasteiger partial charge < -0.3 is 14.9 Å². The molecule has 5 nitrogen and oxygen atoms in total. The van der Waals surface area contributed by atoms with E-state index in [4.69, 9.17) is 4.74 Å². The van der Waals surface area contributed by atoms with E-state index in [1.165, 1.54) is 6.08 Å². The molecule has 0 saturated carbocycles. The number of rotatable bonds is 2. The van der Waals surface area contributed by atoms with Gasteiger partial charge in [-0.05, 0) is 12.1 Å². The van der Waals surface area contributed by atoms with Gasteiger partial charge in [-0.3, -0.25) is 4.79 Å². The van der Waals surface area contributed by atoms with E-state index in [2.05, 4.69) is 0 Å². The van der Waals surface area contributed by atoms with Gasteiger partial charge in [-0.15, -0.1) is 0 Å². The highest BCUT2D eigenvalue weighted by Crippen LogP contribution is 2.15. The zero-order valence-corrected chi connectivity index (χ0v) is 10.8. The lowest BCUT2D eigenvalue weighted by Crippen LogP contribution is -2.37. The van der Waals surface area contributed by atoms with Gasteiger partial charge in [0.25, 0.3) is 0 Å². The normalized spacial score (nSPS) is 26.7. The fraction of sp³-hybridized carbons (Fsp3) is 0.333. The zero-order valence-electron chi connectivity index (χ0n) is 10.8. The van der Waals surface area contributed by atoms with E-state index in [-0.39, 0.29) is 6.42 Å². The Kier molecular flexibility index (Phi) is 4.65. The zero-order chi connectivity index (χ0) is 14.5. The van der Waals surface area contributed by atoms with Crippen LogP contribution in [0.4, 0.5) is 0 Å². The summed E-state index contributed by atoms with van der Waals surface area (Å²) in [6.45, 7) is 0. The van der Waals surface area contributed by atoms with Crippen molar-refractivity contribution in [2.24, 2.45) is 0 Å². The Labute approximate surface area is 116 Å². The molecule has 3 unspecified atom stereocenters. The van der Waals surface area contributed by atoms with Crippen LogP contribution in [0.1, 0.15) is 23.2 Å². The first-order valence-electron chi connectivity index (χ1n) is 6.39. The molecule has 5 heteroatoms. The van der Waals surface area contributed by atoms with E-state index < -0.39 is 30.1 Å². The second-order valence-corrected chi connectivity index (χ2v) is 4.66. The molecule has 1 aromatic rings. The van der Waals surface area contributed by atoms with Crippen molar-refractivity contribution < 1.29 is 24.5 Å². The van der Waals surface area contributed by atoms with Crippen LogP contribution in [-0.2, 0) is 9.53 Å². The Morgan fingerprint density at radius 2 is 1.90 bits per heavy atom. The van der Waals surface area contributed by atoms with Crippen LogP contribution in [0.2, 0.25) is 0 Å². The van der Waals surface area contributed by atoms with Gasteiger partial charge in [-0.25, -0.2) is 4.79 Å². The predicted molar refractivity (Wildman–Crippen MR) is 71.0 cm³/mol.